The second-order valence-electron chi connectivity index (χ2n) is 8.69. The van der Waals surface area contributed by atoms with E-state index in [1.165, 1.54) is 32.3 Å². The molecule has 0 spiro atoms. The Balaban J connectivity index is 2.21. The van der Waals surface area contributed by atoms with Crippen molar-refractivity contribution < 1.29 is 33.6 Å². The number of aliphatic hydroxyl groups is 1. The Hall–Kier alpha value is -3.43. The summed E-state index contributed by atoms with van der Waals surface area (Å²) in [7, 11) is 8.32. The minimum atomic E-state index is -0.888. The van der Waals surface area contributed by atoms with Crippen molar-refractivity contribution in [2.45, 2.75) is 19.4 Å². The molecule has 1 N–H and O–H groups in total. The van der Waals surface area contributed by atoms with Crippen LogP contribution in [0.5, 0.6) is 23.0 Å². The van der Waals surface area contributed by atoms with Crippen LogP contribution >= 0.6 is 11.6 Å². The number of aliphatic hydroxyl groups excluding tert-OH is 1. The Labute approximate surface area is 222 Å². The van der Waals surface area contributed by atoms with Crippen molar-refractivity contribution in [2.75, 3.05) is 55.1 Å². The third-order valence-electron chi connectivity index (χ3n) is 6.05. The van der Waals surface area contributed by atoms with E-state index in [1.54, 1.807) is 24.3 Å². The third kappa shape index (κ3) is 5.78. The van der Waals surface area contributed by atoms with Gasteiger partial charge < -0.3 is 33.9 Å². The number of halogens is 1. The van der Waals surface area contributed by atoms with E-state index in [2.05, 4.69) is 0 Å². The van der Waals surface area contributed by atoms with Gasteiger partial charge in [0, 0.05) is 12.1 Å². The van der Waals surface area contributed by atoms with Crippen LogP contribution in [-0.4, -0.2) is 81.7 Å². The summed E-state index contributed by atoms with van der Waals surface area (Å²) in [5.74, 6) is -0.276. The van der Waals surface area contributed by atoms with Crippen molar-refractivity contribution in [3.63, 3.8) is 0 Å². The molecule has 0 unspecified atom stereocenters. The molecule has 1 heterocycles. The van der Waals surface area contributed by atoms with Crippen molar-refractivity contribution in [1.29, 1.82) is 0 Å². The first-order valence-corrected chi connectivity index (χ1v) is 12.2. The van der Waals surface area contributed by atoms with Gasteiger partial charge in [-0.2, -0.15) is 0 Å². The topological polar surface area (TPSA) is 97.8 Å². The smallest absolute Gasteiger partial charge is 0.295 e. The molecule has 0 aromatic heterocycles. The number of hydrogen-bond donors (Lipinski definition) is 1. The van der Waals surface area contributed by atoms with Gasteiger partial charge in [-0.15, -0.1) is 0 Å². The quantitative estimate of drug-likeness (QED) is 0.262. The maximum atomic E-state index is 13.3. The molecule has 1 aliphatic rings. The zero-order valence-electron chi connectivity index (χ0n) is 22.0. The lowest BCUT2D eigenvalue weighted by Crippen LogP contribution is -2.32. The lowest BCUT2D eigenvalue weighted by atomic mass is 9.94. The molecule has 2 aromatic carbocycles. The van der Waals surface area contributed by atoms with Crippen LogP contribution in [0.3, 0.4) is 0 Å². The van der Waals surface area contributed by atoms with Crippen molar-refractivity contribution in [3.8, 4) is 23.0 Å². The Kier molecular flexibility index (Phi) is 9.29. The first kappa shape index (κ1) is 28.1. The van der Waals surface area contributed by atoms with E-state index in [4.69, 9.17) is 30.5 Å². The van der Waals surface area contributed by atoms with Gasteiger partial charge in [-0.05, 0) is 69.9 Å². The maximum absolute atomic E-state index is 13.3. The molecule has 200 valence electrons. The summed E-state index contributed by atoms with van der Waals surface area (Å²) in [5, 5.41) is 11.6. The van der Waals surface area contributed by atoms with Gasteiger partial charge in [0.05, 0.1) is 44.6 Å². The van der Waals surface area contributed by atoms with Crippen LogP contribution in [0.1, 0.15) is 30.5 Å². The van der Waals surface area contributed by atoms with E-state index >= 15 is 0 Å². The van der Waals surface area contributed by atoms with E-state index in [1.807, 2.05) is 25.9 Å². The molecule has 10 heteroatoms. The van der Waals surface area contributed by atoms with Crippen molar-refractivity contribution >= 4 is 29.1 Å². The molecule has 2 aromatic rings. The number of methoxy groups -OCH3 is 3. The average molecular weight is 533 g/mol. The van der Waals surface area contributed by atoms with Gasteiger partial charge >= 0.3 is 0 Å². The minimum absolute atomic E-state index is 0.0515. The van der Waals surface area contributed by atoms with Gasteiger partial charge in [-0.3, -0.25) is 9.59 Å². The maximum Gasteiger partial charge on any atom is 0.295 e. The molecule has 37 heavy (non-hydrogen) atoms. The number of carbonyl (C=O) groups excluding carboxylic acids is 2. The second-order valence-corrected chi connectivity index (χ2v) is 9.09. The number of Topliss-reactive ketones (excluding diaryl/α,β-unsaturated/α-hetero) is 1. The largest absolute Gasteiger partial charge is 0.507 e. The fraction of sp³-hybridized carbons (Fsp3) is 0.407. The molecular weight excluding hydrogens is 500 g/mol. The predicted octanol–water partition coefficient (Wildman–Crippen LogP) is 4.14. The van der Waals surface area contributed by atoms with Crippen LogP contribution in [0, 0.1) is 0 Å². The first-order valence-electron chi connectivity index (χ1n) is 11.8. The van der Waals surface area contributed by atoms with E-state index in [0.717, 1.165) is 0 Å². The molecule has 0 aliphatic carbocycles. The molecule has 1 atom stereocenters. The molecule has 1 amide bonds. The van der Waals surface area contributed by atoms with Gasteiger partial charge in [0.25, 0.3) is 11.7 Å². The molecule has 0 saturated carbocycles. The third-order valence-corrected chi connectivity index (χ3v) is 6.35. The highest BCUT2D eigenvalue weighted by molar-refractivity contribution is 6.46. The van der Waals surface area contributed by atoms with E-state index < -0.39 is 17.7 Å². The monoisotopic (exact) mass is 532 g/mol. The van der Waals surface area contributed by atoms with Crippen molar-refractivity contribution in [3.05, 3.63) is 52.1 Å². The first-order chi connectivity index (χ1) is 17.7. The number of benzene rings is 2. The Morgan fingerprint density at radius 1 is 1.03 bits per heavy atom. The lowest BCUT2D eigenvalue weighted by molar-refractivity contribution is -0.139. The highest BCUT2D eigenvalue weighted by Crippen LogP contribution is 2.46. The summed E-state index contributed by atoms with van der Waals surface area (Å²) >= 11 is 6.34. The van der Waals surface area contributed by atoms with Crippen molar-refractivity contribution in [1.82, 2.24) is 9.80 Å². The summed E-state index contributed by atoms with van der Waals surface area (Å²) in [6.07, 6.45) is 0.621. The van der Waals surface area contributed by atoms with E-state index in [0.29, 0.717) is 54.7 Å². The molecule has 9 nitrogen and oxygen atoms in total. The van der Waals surface area contributed by atoms with Gasteiger partial charge in [-0.1, -0.05) is 11.6 Å². The second kappa shape index (κ2) is 12.2. The predicted molar refractivity (Wildman–Crippen MR) is 141 cm³/mol. The summed E-state index contributed by atoms with van der Waals surface area (Å²) in [6.45, 7) is 3.26. The summed E-state index contributed by atoms with van der Waals surface area (Å²) in [5.41, 5.74) is 0.763. The fourth-order valence-corrected chi connectivity index (χ4v) is 4.59. The summed E-state index contributed by atoms with van der Waals surface area (Å²) in [4.78, 5) is 30.0. The summed E-state index contributed by atoms with van der Waals surface area (Å²) < 4.78 is 21.9. The Morgan fingerprint density at radius 2 is 1.68 bits per heavy atom. The number of ether oxygens (including phenoxy) is 4. The van der Waals surface area contributed by atoms with Gasteiger partial charge in [0.15, 0.2) is 11.5 Å². The normalized spacial score (nSPS) is 16.9. The van der Waals surface area contributed by atoms with Crippen LogP contribution < -0.4 is 18.9 Å². The Morgan fingerprint density at radius 3 is 2.19 bits per heavy atom. The van der Waals surface area contributed by atoms with Crippen LogP contribution in [0.15, 0.2) is 35.9 Å². The van der Waals surface area contributed by atoms with Gasteiger partial charge in [0.2, 0.25) is 5.75 Å². The summed E-state index contributed by atoms with van der Waals surface area (Å²) in [6, 6.07) is 7.18. The van der Waals surface area contributed by atoms with Crippen LogP contribution in [0.25, 0.3) is 5.76 Å². The number of nitrogens with zero attached hydrogens (tertiary/aromatic N) is 2. The molecule has 0 radical (unpaired) electrons. The molecule has 3 rings (SSSR count). The van der Waals surface area contributed by atoms with E-state index in [9.17, 15) is 14.7 Å². The lowest BCUT2D eigenvalue weighted by Gasteiger charge is -2.27. The highest BCUT2D eigenvalue weighted by Gasteiger charge is 2.46. The van der Waals surface area contributed by atoms with E-state index in [-0.39, 0.29) is 21.9 Å². The van der Waals surface area contributed by atoms with Crippen LogP contribution in [-0.2, 0) is 9.59 Å². The molecule has 0 bridgehead atoms. The average Bonchev–Trinajstić information content (AvgIpc) is 3.13. The standard InChI is InChI=1S/C27H33ClN2O7/c1-7-37-19-10-9-16(13-18(19)28)24(31)22-23(30(27(33)25(22)32)12-8-11-29(2)3)17-14-20(34-4)26(36-6)21(15-17)35-5/h9-10,13-15,23,31H,7-8,11-12H2,1-6H3/b24-22+/t23-/m0/s1. The molecule has 1 saturated heterocycles. The number of amides is 1. The molecular formula is C27H33ClN2O7. The molecule has 1 fully saturated rings. The van der Waals surface area contributed by atoms with Gasteiger partial charge in [0.1, 0.15) is 11.5 Å². The highest BCUT2D eigenvalue weighted by atomic mass is 35.5. The zero-order valence-corrected chi connectivity index (χ0v) is 22.7. The zero-order chi connectivity index (χ0) is 27.3. The molecule has 1 aliphatic heterocycles. The number of hydrogen-bond acceptors (Lipinski definition) is 8. The number of ketones is 1. The fourth-order valence-electron chi connectivity index (χ4n) is 4.35. The minimum Gasteiger partial charge on any atom is -0.507 e. The van der Waals surface area contributed by atoms with Crippen LogP contribution in [0.2, 0.25) is 5.02 Å². The number of carbonyl (C=O) groups is 2. The van der Waals surface area contributed by atoms with Crippen molar-refractivity contribution in [2.24, 2.45) is 0 Å². The SMILES string of the molecule is CCOc1ccc(/C(O)=C2\C(=O)C(=O)N(CCCN(C)C)[C@H]2c2cc(OC)c(OC)c(OC)c2)cc1Cl. The number of likely N-dealkylation sites (tertiary alicyclic amines) is 1. The van der Waals surface area contributed by atoms with Crippen LogP contribution in [0.4, 0.5) is 0 Å². The number of rotatable bonds is 11. The van der Waals surface area contributed by atoms with Gasteiger partial charge in [-0.25, -0.2) is 0 Å². The Bertz CT molecular complexity index is 1170.